The van der Waals surface area contributed by atoms with Crippen molar-refractivity contribution in [3.8, 4) is 5.75 Å². The highest BCUT2D eigenvalue weighted by molar-refractivity contribution is 9.10. The second kappa shape index (κ2) is 8.48. The van der Waals surface area contributed by atoms with Crippen LogP contribution in [-0.2, 0) is 9.47 Å². The summed E-state index contributed by atoms with van der Waals surface area (Å²) in [6.45, 7) is 4.15. The van der Waals surface area contributed by atoms with Crippen molar-refractivity contribution in [3.05, 3.63) is 28.2 Å². The Hall–Kier alpha value is -0.620. The van der Waals surface area contributed by atoms with E-state index < -0.39 is 0 Å². The Balaban J connectivity index is 2.43. The van der Waals surface area contributed by atoms with Crippen molar-refractivity contribution >= 4 is 15.9 Å². The fourth-order valence-electron chi connectivity index (χ4n) is 1.46. The quantitative estimate of drug-likeness (QED) is 0.748. The minimum absolute atomic E-state index is 0.0532. The van der Waals surface area contributed by atoms with E-state index >= 15 is 0 Å². The van der Waals surface area contributed by atoms with E-state index in [1.54, 1.807) is 7.11 Å². The van der Waals surface area contributed by atoms with Crippen molar-refractivity contribution in [1.82, 2.24) is 0 Å². The maximum atomic E-state index is 5.89. The van der Waals surface area contributed by atoms with Gasteiger partial charge in [-0.3, -0.25) is 0 Å². The summed E-state index contributed by atoms with van der Waals surface area (Å²) >= 11 is 3.42. The van der Waals surface area contributed by atoms with Crippen LogP contribution in [0.4, 0.5) is 0 Å². The predicted octanol–water partition coefficient (Wildman–Crippen LogP) is 2.51. The molecule has 1 aromatic rings. The van der Waals surface area contributed by atoms with E-state index in [1.165, 1.54) is 0 Å². The second-order valence-electron chi connectivity index (χ2n) is 3.92. The highest BCUT2D eigenvalue weighted by atomic mass is 79.9. The maximum Gasteiger partial charge on any atom is 0.125 e. The highest BCUT2D eigenvalue weighted by Crippen LogP contribution is 2.27. The average Bonchev–Trinajstić information content (AvgIpc) is 2.33. The first kappa shape index (κ1) is 15.4. The minimum Gasteiger partial charge on any atom is -0.491 e. The molecule has 0 unspecified atom stereocenters. The zero-order valence-electron chi connectivity index (χ0n) is 10.8. The highest BCUT2D eigenvalue weighted by Gasteiger charge is 2.08. The summed E-state index contributed by atoms with van der Waals surface area (Å²) in [7, 11) is 1.65. The summed E-state index contributed by atoms with van der Waals surface area (Å²) in [6.07, 6.45) is 0. The molecule has 0 bridgehead atoms. The first-order valence-electron chi connectivity index (χ1n) is 5.89. The van der Waals surface area contributed by atoms with Gasteiger partial charge in [-0.1, -0.05) is 22.0 Å². The number of halogens is 1. The summed E-state index contributed by atoms with van der Waals surface area (Å²) in [4.78, 5) is 0. The van der Waals surface area contributed by atoms with Crippen LogP contribution < -0.4 is 10.5 Å². The van der Waals surface area contributed by atoms with Gasteiger partial charge in [0.1, 0.15) is 12.4 Å². The number of ether oxygens (including phenoxy) is 3. The topological polar surface area (TPSA) is 53.7 Å². The summed E-state index contributed by atoms with van der Waals surface area (Å²) in [5.41, 5.74) is 6.89. The van der Waals surface area contributed by atoms with E-state index in [0.717, 1.165) is 15.8 Å². The summed E-state index contributed by atoms with van der Waals surface area (Å²) in [6, 6.07) is 5.80. The second-order valence-corrected chi connectivity index (χ2v) is 4.84. The van der Waals surface area contributed by atoms with Crippen LogP contribution in [-0.4, -0.2) is 33.5 Å². The molecule has 0 amide bonds. The molecule has 0 saturated carbocycles. The number of nitrogens with two attached hydrogens (primary N) is 1. The smallest absolute Gasteiger partial charge is 0.125 e. The largest absolute Gasteiger partial charge is 0.491 e. The molecule has 0 aromatic heterocycles. The van der Waals surface area contributed by atoms with E-state index in [1.807, 2.05) is 25.1 Å². The molecule has 0 spiro atoms. The van der Waals surface area contributed by atoms with Crippen LogP contribution in [0.5, 0.6) is 5.75 Å². The molecular weight excluding hydrogens is 298 g/mol. The lowest BCUT2D eigenvalue weighted by atomic mass is 10.1. The van der Waals surface area contributed by atoms with Crippen LogP contribution in [0, 0.1) is 0 Å². The Morgan fingerprint density at radius 2 is 1.94 bits per heavy atom. The van der Waals surface area contributed by atoms with E-state index in [0.29, 0.717) is 26.4 Å². The number of methoxy groups -OCH3 is 1. The molecular formula is C13H20BrNO3. The third kappa shape index (κ3) is 5.35. The first-order valence-corrected chi connectivity index (χ1v) is 6.69. The number of hydrogen-bond acceptors (Lipinski definition) is 4. The van der Waals surface area contributed by atoms with Crippen LogP contribution in [0.3, 0.4) is 0 Å². The molecule has 0 saturated heterocycles. The van der Waals surface area contributed by atoms with Gasteiger partial charge in [0.2, 0.25) is 0 Å². The van der Waals surface area contributed by atoms with Crippen molar-refractivity contribution in [3.63, 3.8) is 0 Å². The SMILES string of the molecule is COCCOCCOc1cc(Br)ccc1[C@@H](C)N. The average molecular weight is 318 g/mol. The third-order valence-corrected chi connectivity index (χ3v) is 2.88. The summed E-state index contributed by atoms with van der Waals surface area (Å²) < 4.78 is 16.9. The van der Waals surface area contributed by atoms with Crippen molar-refractivity contribution < 1.29 is 14.2 Å². The van der Waals surface area contributed by atoms with Crippen LogP contribution in [0.2, 0.25) is 0 Å². The minimum atomic E-state index is -0.0532. The van der Waals surface area contributed by atoms with Crippen molar-refractivity contribution in [1.29, 1.82) is 0 Å². The van der Waals surface area contributed by atoms with Crippen LogP contribution >= 0.6 is 15.9 Å². The van der Waals surface area contributed by atoms with E-state index in [9.17, 15) is 0 Å². The zero-order valence-corrected chi connectivity index (χ0v) is 12.4. The Bertz CT molecular complexity index is 358. The molecule has 0 aliphatic heterocycles. The number of rotatable bonds is 8. The van der Waals surface area contributed by atoms with E-state index in [4.69, 9.17) is 19.9 Å². The van der Waals surface area contributed by atoms with E-state index in [-0.39, 0.29) is 6.04 Å². The fraction of sp³-hybridized carbons (Fsp3) is 0.538. The van der Waals surface area contributed by atoms with Gasteiger partial charge in [-0.15, -0.1) is 0 Å². The van der Waals surface area contributed by atoms with Crippen LogP contribution in [0.1, 0.15) is 18.5 Å². The van der Waals surface area contributed by atoms with Crippen molar-refractivity contribution in [2.45, 2.75) is 13.0 Å². The van der Waals surface area contributed by atoms with Gasteiger partial charge in [0.25, 0.3) is 0 Å². The molecule has 4 nitrogen and oxygen atoms in total. The molecule has 1 aromatic carbocycles. The van der Waals surface area contributed by atoms with Crippen LogP contribution in [0.25, 0.3) is 0 Å². The molecule has 0 heterocycles. The van der Waals surface area contributed by atoms with Gasteiger partial charge in [0.15, 0.2) is 0 Å². The lowest BCUT2D eigenvalue weighted by Gasteiger charge is -2.14. The first-order chi connectivity index (χ1) is 8.65. The van der Waals surface area contributed by atoms with Crippen molar-refractivity contribution in [2.75, 3.05) is 33.5 Å². The standard InChI is InChI=1S/C13H20BrNO3/c1-10(15)12-4-3-11(14)9-13(12)18-8-7-17-6-5-16-2/h3-4,9-10H,5-8,15H2,1-2H3/t10-/m1/s1. The Morgan fingerprint density at radius 1 is 1.22 bits per heavy atom. The predicted molar refractivity (Wildman–Crippen MR) is 74.9 cm³/mol. The summed E-state index contributed by atoms with van der Waals surface area (Å²) in [5, 5.41) is 0. The number of benzene rings is 1. The van der Waals surface area contributed by atoms with E-state index in [2.05, 4.69) is 15.9 Å². The van der Waals surface area contributed by atoms with Gasteiger partial charge < -0.3 is 19.9 Å². The number of hydrogen-bond donors (Lipinski definition) is 1. The monoisotopic (exact) mass is 317 g/mol. The van der Waals surface area contributed by atoms with Crippen molar-refractivity contribution in [2.24, 2.45) is 5.73 Å². The molecule has 0 fully saturated rings. The zero-order chi connectivity index (χ0) is 13.4. The van der Waals surface area contributed by atoms with Gasteiger partial charge in [-0.2, -0.15) is 0 Å². The fourth-order valence-corrected chi connectivity index (χ4v) is 1.80. The maximum absolute atomic E-state index is 5.89. The molecule has 0 radical (unpaired) electrons. The lowest BCUT2D eigenvalue weighted by molar-refractivity contribution is 0.0542. The van der Waals surface area contributed by atoms with Gasteiger partial charge in [0, 0.05) is 23.2 Å². The normalized spacial score (nSPS) is 12.4. The third-order valence-electron chi connectivity index (χ3n) is 2.38. The summed E-state index contributed by atoms with van der Waals surface area (Å²) in [5.74, 6) is 0.801. The molecule has 1 rings (SSSR count). The molecule has 2 N–H and O–H groups in total. The van der Waals surface area contributed by atoms with Gasteiger partial charge in [-0.05, 0) is 19.1 Å². The molecule has 102 valence electrons. The molecule has 0 aliphatic rings. The van der Waals surface area contributed by atoms with Gasteiger partial charge in [-0.25, -0.2) is 0 Å². The lowest BCUT2D eigenvalue weighted by Crippen LogP contribution is -2.12. The molecule has 5 heteroatoms. The molecule has 1 atom stereocenters. The molecule has 0 aliphatic carbocycles. The van der Waals surface area contributed by atoms with Gasteiger partial charge in [0.05, 0.1) is 19.8 Å². The Morgan fingerprint density at radius 3 is 2.61 bits per heavy atom. The van der Waals surface area contributed by atoms with Crippen LogP contribution in [0.15, 0.2) is 22.7 Å². The Labute approximate surface area is 117 Å². The van der Waals surface area contributed by atoms with Gasteiger partial charge >= 0.3 is 0 Å². The Kier molecular flexibility index (Phi) is 7.27. The molecule has 18 heavy (non-hydrogen) atoms.